The largest absolute Gasteiger partial charge is 0.285 e. The molecule has 88 valence electrons. The van der Waals surface area contributed by atoms with E-state index in [4.69, 9.17) is 11.6 Å². The fourth-order valence-corrected chi connectivity index (χ4v) is 2.79. The van der Waals surface area contributed by atoms with Crippen molar-refractivity contribution in [3.63, 3.8) is 0 Å². The highest BCUT2D eigenvalue weighted by atomic mass is 79.9. The molecule has 0 spiro atoms. The van der Waals surface area contributed by atoms with E-state index in [2.05, 4.69) is 15.9 Å². The first kappa shape index (κ1) is 13.7. The van der Waals surface area contributed by atoms with Crippen LogP contribution in [0.2, 0.25) is 0 Å². The van der Waals surface area contributed by atoms with Gasteiger partial charge >= 0.3 is 0 Å². The summed E-state index contributed by atoms with van der Waals surface area (Å²) >= 11 is 9.81. The highest BCUT2D eigenvalue weighted by Gasteiger charge is 2.17. The van der Waals surface area contributed by atoms with E-state index in [0.717, 1.165) is 12.5 Å². The second-order valence-corrected chi connectivity index (χ2v) is 5.25. The summed E-state index contributed by atoms with van der Waals surface area (Å²) in [5, 5.41) is 10.7. The second-order valence-electron chi connectivity index (χ2n) is 2.88. The van der Waals surface area contributed by atoms with Gasteiger partial charge in [-0.25, -0.2) is 4.39 Å². The topological polar surface area (TPSA) is 43.1 Å². The third-order valence-corrected chi connectivity index (χ3v) is 3.74. The van der Waals surface area contributed by atoms with Crippen molar-refractivity contribution in [2.45, 2.75) is 11.3 Å². The quantitative estimate of drug-likeness (QED) is 0.267. The molecule has 16 heavy (non-hydrogen) atoms. The van der Waals surface area contributed by atoms with Gasteiger partial charge in [-0.05, 0) is 34.2 Å². The molecule has 0 atom stereocenters. The van der Waals surface area contributed by atoms with Crippen molar-refractivity contribution in [2.24, 2.45) is 0 Å². The maximum atomic E-state index is 13.1. The number of hydrogen-bond donors (Lipinski definition) is 0. The van der Waals surface area contributed by atoms with E-state index in [9.17, 15) is 14.5 Å². The lowest BCUT2D eigenvalue weighted by atomic mass is 10.3. The van der Waals surface area contributed by atoms with Gasteiger partial charge in [0.15, 0.2) is 0 Å². The highest BCUT2D eigenvalue weighted by molar-refractivity contribution is 9.10. The molecular formula is C9H8BrClFNO2S. The standard InChI is InChI=1S/C9H8BrClFNO2S/c10-6-4-9(16-3-1-2-11)8(13(14)15)5-7(6)12/h4-5H,1-3H2. The fourth-order valence-electron chi connectivity index (χ4n) is 1.01. The Kier molecular flexibility index (Phi) is 5.51. The molecule has 0 saturated heterocycles. The van der Waals surface area contributed by atoms with E-state index in [1.54, 1.807) is 0 Å². The summed E-state index contributed by atoms with van der Waals surface area (Å²) < 4.78 is 13.4. The molecule has 7 heteroatoms. The normalized spacial score (nSPS) is 10.4. The van der Waals surface area contributed by atoms with Crippen molar-refractivity contribution in [3.05, 3.63) is 32.5 Å². The number of benzene rings is 1. The Morgan fingerprint density at radius 1 is 1.56 bits per heavy atom. The molecule has 0 amide bonds. The minimum absolute atomic E-state index is 0.208. The molecule has 0 saturated carbocycles. The van der Waals surface area contributed by atoms with E-state index in [0.29, 0.717) is 16.5 Å². The highest BCUT2D eigenvalue weighted by Crippen LogP contribution is 2.33. The van der Waals surface area contributed by atoms with E-state index in [1.165, 1.54) is 17.8 Å². The number of nitro benzene ring substituents is 1. The van der Waals surface area contributed by atoms with Crippen molar-refractivity contribution in [1.82, 2.24) is 0 Å². The predicted octanol–water partition coefficient (Wildman–Crippen LogP) is 4.22. The van der Waals surface area contributed by atoms with Gasteiger partial charge in [0.1, 0.15) is 5.82 Å². The third-order valence-electron chi connectivity index (χ3n) is 1.73. The zero-order chi connectivity index (χ0) is 12.1. The molecule has 0 aliphatic heterocycles. The van der Waals surface area contributed by atoms with Gasteiger partial charge in [0.2, 0.25) is 0 Å². The molecule has 0 radical (unpaired) electrons. The minimum Gasteiger partial charge on any atom is -0.258 e. The molecule has 1 rings (SSSR count). The van der Waals surface area contributed by atoms with Gasteiger partial charge in [-0.1, -0.05) is 0 Å². The average Bonchev–Trinajstić information content (AvgIpc) is 2.23. The Balaban J connectivity index is 2.95. The number of alkyl halides is 1. The molecule has 1 aromatic carbocycles. The van der Waals surface area contributed by atoms with Crippen LogP contribution in [0.5, 0.6) is 0 Å². The van der Waals surface area contributed by atoms with Crippen LogP contribution < -0.4 is 0 Å². The number of nitro groups is 1. The van der Waals surface area contributed by atoms with Crippen LogP contribution in [0.25, 0.3) is 0 Å². The van der Waals surface area contributed by atoms with Gasteiger partial charge < -0.3 is 0 Å². The summed E-state index contributed by atoms with van der Waals surface area (Å²) in [6.45, 7) is 0. The van der Waals surface area contributed by atoms with E-state index in [1.807, 2.05) is 0 Å². The Morgan fingerprint density at radius 3 is 2.81 bits per heavy atom. The molecule has 0 aliphatic carbocycles. The van der Waals surface area contributed by atoms with Gasteiger partial charge in [0.05, 0.1) is 20.4 Å². The second kappa shape index (κ2) is 6.42. The Bertz CT molecular complexity index is 405. The molecular weight excluding hydrogens is 321 g/mol. The summed E-state index contributed by atoms with van der Waals surface area (Å²) in [7, 11) is 0. The molecule has 0 aliphatic rings. The summed E-state index contributed by atoms with van der Waals surface area (Å²) in [6.07, 6.45) is 0.748. The number of thioether (sulfide) groups is 1. The first-order chi connectivity index (χ1) is 7.56. The van der Waals surface area contributed by atoms with Gasteiger partial charge in [0, 0.05) is 5.88 Å². The lowest BCUT2D eigenvalue weighted by Gasteiger charge is -2.03. The average molecular weight is 329 g/mol. The summed E-state index contributed by atoms with van der Waals surface area (Å²) in [4.78, 5) is 10.6. The van der Waals surface area contributed by atoms with Crippen LogP contribution in [0.3, 0.4) is 0 Å². The Morgan fingerprint density at radius 2 is 2.25 bits per heavy atom. The summed E-state index contributed by atoms with van der Waals surface area (Å²) in [5.41, 5.74) is -0.208. The molecule has 0 bridgehead atoms. The van der Waals surface area contributed by atoms with Crippen LogP contribution in [0, 0.1) is 15.9 Å². The zero-order valence-corrected chi connectivity index (χ0v) is 11.2. The SMILES string of the molecule is O=[N+]([O-])c1cc(F)c(Br)cc1SCCCCl. The lowest BCUT2D eigenvalue weighted by molar-refractivity contribution is -0.387. The van der Waals surface area contributed by atoms with E-state index in [-0.39, 0.29) is 10.2 Å². The Labute approximate surface area is 110 Å². The molecule has 0 fully saturated rings. The van der Waals surface area contributed by atoms with Gasteiger partial charge in [-0.3, -0.25) is 10.1 Å². The van der Waals surface area contributed by atoms with E-state index < -0.39 is 10.7 Å². The monoisotopic (exact) mass is 327 g/mol. The first-order valence-electron chi connectivity index (χ1n) is 4.38. The van der Waals surface area contributed by atoms with Crippen LogP contribution in [0.4, 0.5) is 10.1 Å². The number of halogens is 3. The van der Waals surface area contributed by atoms with Gasteiger partial charge in [-0.15, -0.1) is 23.4 Å². The predicted molar refractivity (Wildman–Crippen MR) is 66.8 cm³/mol. The van der Waals surface area contributed by atoms with E-state index >= 15 is 0 Å². The van der Waals surface area contributed by atoms with Crippen molar-refractivity contribution < 1.29 is 9.31 Å². The van der Waals surface area contributed by atoms with Crippen LogP contribution >= 0.6 is 39.3 Å². The zero-order valence-electron chi connectivity index (χ0n) is 8.08. The van der Waals surface area contributed by atoms with Crippen LogP contribution in [-0.2, 0) is 0 Å². The molecule has 3 nitrogen and oxygen atoms in total. The lowest BCUT2D eigenvalue weighted by Crippen LogP contribution is -1.94. The van der Waals surface area contributed by atoms with Crippen molar-refractivity contribution in [3.8, 4) is 0 Å². The maximum absolute atomic E-state index is 13.1. The van der Waals surface area contributed by atoms with Gasteiger partial charge in [-0.2, -0.15) is 0 Å². The smallest absolute Gasteiger partial charge is 0.258 e. The number of nitrogens with zero attached hydrogens (tertiary/aromatic N) is 1. The third kappa shape index (κ3) is 3.61. The van der Waals surface area contributed by atoms with Crippen LogP contribution in [0.1, 0.15) is 6.42 Å². The van der Waals surface area contributed by atoms with Crippen molar-refractivity contribution in [1.29, 1.82) is 0 Å². The first-order valence-corrected chi connectivity index (χ1v) is 6.69. The Hall–Kier alpha value is -0.330. The van der Waals surface area contributed by atoms with Gasteiger partial charge in [0.25, 0.3) is 5.69 Å². The molecule has 0 heterocycles. The van der Waals surface area contributed by atoms with Crippen LogP contribution in [0.15, 0.2) is 21.5 Å². The molecule has 0 N–H and O–H groups in total. The maximum Gasteiger partial charge on any atom is 0.285 e. The molecule has 0 unspecified atom stereocenters. The molecule has 1 aromatic rings. The van der Waals surface area contributed by atoms with Crippen LogP contribution in [-0.4, -0.2) is 16.6 Å². The summed E-state index contributed by atoms with van der Waals surface area (Å²) in [6, 6.07) is 2.35. The molecule has 0 aromatic heterocycles. The summed E-state index contributed by atoms with van der Waals surface area (Å²) in [5.74, 6) is 0.541. The van der Waals surface area contributed by atoms with Crippen molar-refractivity contribution >= 4 is 45.0 Å². The number of hydrogen-bond acceptors (Lipinski definition) is 3. The number of rotatable bonds is 5. The minimum atomic E-state index is -0.631. The van der Waals surface area contributed by atoms with Crippen molar-refractivity contribution in [2.75, 3.05) is 11.6 Å². The fraction of sp³-hybridized carbons (Fsp3) is 0.333.